The monoisotopic (exact) mass is 376 g/mol. The lowest BCUT2D eigenvalue weighted by Crippen LogP contribution is -2.55. The minimum Gasteiger partial charge on any atom is -0.358 e. The number of hydrogen-bond donors (Lipinski definition) is 2. The van der Waals surface area contributed by atoms with Gasteiger partial charge in [0.2, 0.25) is 5.91 Å². The van der Waals surface area contributed by atoms with Crippen LogP contribution in [0.3, 0.4) is 0 Å². The summed E-state index contributed by atoms with van der Waals surface area (Å²) in [6.45, 7) is 2.53. The smallest absolute Gasteiger partial charge is 0.273 e. The van der Waals surface area contributed by atoms with Gasteiger partial charge in [0, 0.05) is 26.2 Å². The number of aromatic nitrogens is 1. The van der Waals surface area contributed by atoms with E-state index in [0.29, 0.717) is 18.0 Å². The molecule has 26 heavy (non-hydrogen) atoms. The number of nitrogens with one attached hydrogen (secondary N) is 2. The number of hydrogen-bond acceptors (Lipinski definition) is 6. The molecule has 0 aliphatic carbocycles. The predicted octanol–water partition coefficient (Wildman–Crippen LogP) is 2.12. The second-order valence-corrected chi connectivity index (χ2v) is 7.27. The normalized spacial score (nSPS) is 16.9. The Kier molecular flexibility index (Phi) is 6.40. The van der Waals surface area contributed by atoms with Gasteiger partial charge in [0.1, 0.15) is 0 Å². The molecule has 1 saturated heterocycles. The number of likely N-dealkylation sites (tertiary alicyclic amines) is 1. The van der Waals surface area contributed by atoms with Crippen LogP contribution < -0.4 is 10.6 Å². The van der Waals surface area contributed by atoms with Gasteiger partial charge in [-0.15, -0.1) is 11.3 Å². The number of amides is 2. The van der Waals surface area contributed by atoms with Crippen molar-refractivity contribution < 1.29 is 14.1 Å². The highest BCUT2D eigenvalue weighted by Crippen LogP contribution is 2.25. The summed E-state index contributed by atoms with van der Waals surface area (Å²) in [5.74, 6) is 0.516. The Labute approximate surface area is 156 Å². The third-order valence-corrected chi connectivity index (χ3v) is 5.48. The molecule has 2 N–H and O–H groups in total. The molecule has 1 aliphatic rings. The minimum atomic E-state index is -0.209. The molecule has 0 radical (unpaired) electrons. The topological polar surface area (TPSA) is 87.5 Å². The van der Waals surface area contributed by atoms with E-state index < -0.39 is 0 Å². The lowest BCUT2D eigenvalue weighted by atomic mass is 10.0. The number of carbonyl (C=O) groups excluding carboxylic acids is 2. The zero-order valence-corrected chi connectivity index (χ0v) is 15.7. The van der Waals surface area contributed by atoms with Crippen LogP contribution in [0.5, 0.6) is 0 Å². The summed E-state index contributed by atoms with van der Waals surface area (Å²) in [4.78, 5) is 26.9. The summed E-state index contributed by atoms with van der Waals surface area (Å²) in [5.41, 5.74) is 0.308. The first-order valence-corrected chi connectivity index (χ1v) is 9.81. The van der Waals surface area contributed by atoms with Crippen LogP contribution in [0.25, 0.3) is 10.6 Å². The van der Waals surface area contributed by atoms with E-state index in [0.717, 1.165) is 43.6 Å². The Hall–Kier alpha value is -2.19. The Morgan fingerprint density at radius 1 is 1.38 bits per heavy atom. The first kappa shape index (κ1) is 18.6. The van der Waals surface area contributed by atoms with Gasteiger partial charge >= 0.3 is 0 Å². The Morgan fingerprint density at radius 2 is 2.27 bits per heavy atom. The summed E-state index contributed by atoms with van der Waals surface area (Å²) >= 11 is 1.55. The average molecular weight is 376 g/mol. The van der Waals surface area contributed by atoms with Gasteiger partial charge in [-0.3, -0.25) is 14.5 Å². The summed E-state index contributed by atoms with van der Waals surface area (Å²) in [5, 5.41) is 11.4. The molecule has 2 aromatic heterocycles. The van der Waals surface area contributed by atoms with E-state index in [-0.39, 0.29) is 17.9 Å². The van der Waals surface area contributed by atoms with Crippen molar-refractivity contribution in [1.29, 1.82) is 0 Å². The standard InChI is InChI=1S/C18H24N4O3S/c1-19-18(24)14-7-10-22(14)9-4-2-3-8-20-17(23)13-12-15(25-21-13)16-6-5-11-26-16/h5-6,11-12,14H,2-4,7-10H2,1H3,(H,19,24)(H,20,23). The first-order chi connectivity index (χ1) is 12.7. The molecular weight excluding hydrogens is 352 g/mol. The van der Waals surface area contributed by atoms with Crippen LogP contribution in [-0.2, 0) is 4.79 Å². The fraction of sp³-hybridized carbons (Fsp3) is 0.500. The van der Waals surface area contributed by atoms with Crippen molar-refractivity contribution >= 4 is 23.2 Å². The molecule has 1 unspecified atom stereocenters. The second kappa shape index (κ2) is 8.95. The van der Waals surface area contributed by atoms with Crippen molar-refractivity contribution in [1.82, 2.24) is 20.7 Å². The van der Waals surface area contributed by atoms with E-state index in [1.54, 1.807) is 24.5 Å². The zero-order chi connectivity index (χ0) is 18.4. The average Bonchev–Trinajstić information content (AvgIpc) is 3.30. The lowest BCUT2D eigenvalue weighted by Gasteiger charge is -2.39. The number of carbonyl (C=O) groups is 2. The molecular formula is C18H24N4O3S. The summed E-state index contributed by atoms with van der Waals surface area (Å²) < 4.78 is 5.22. The molecule has 8 heteroatoms. The maximum Gasteiger partial charge on any atom is 0.273 e. The van der Waals surface area contributed by atoms with E-state index in [4.69, 9.17) is 4.52 Å². The van der Waals surface area contributed by atoms with Crippen LogP contribution in [0.2, 0.25) is 0 Å². The fourth-order valence-corrected chi connectivity index (χ4v) is 3.67. The van der Waals surface area contributed by atoms with Crippen LogP contribution >= 0.6 is 11.3 Å². The molecule has 0 saturated carbocycles. The molecule has 1 fully saturated rings. The van der Waals surface area contributed by atoms with Gasteiger partial charge in [-0.1, -0.05) is 17.6 Å². The van der Waals surface area contributed by atoms with Gasteiger partial charge in [-0.05, 0) is 37.3 Å². The van der Waals surface area contributed by atoms with Crippen LogP contribution in [0, 0.1) is 0 Å². The van der Waals surface area contributed by atoms with Crippen LogP contribution in [0.4, 0.5) is 0 Å². The quantitative estimate of drug-likeness (QED) is 0.655. The number of nitrogens with zero attached hydrogens (tertiary/aromatic N) is 2. The molecule has 2 aromatic rings. The van der Waals surface area contributed by atoms with Crippen molar-refractivity contribution in [2.24, 2.45) is 0 Å². The zero-order valence-electron chi connectivity index (χ0n) is 14.9. The highest BCUT2D eigenvalue weighted by atomic mass is 32.1. The van der Waals surface area contributed by atoms with Gasteiger partial charge in [0.15, 0.2) is 11.5 Å². The van der Waals surface area contributed by atoms with Crippen molar-refractivity contribution in [3.63, 3.8) is 0 Å². The molecule has 140 valence electrons. The molecule has 1 atom stereocenters. The van der Waals surface area contributed by atoms with Crippen LogP contribution in [0.1, 0.15) is 36.2 Å². The highest BCUT2D eigenvalue weighted by molar-refractivity contribution is 7.13. The maximum atomic E-state index is 12.1. The van der Waals surface area contributed by atoms with E-state index in [1.165, 1.54) is 0 Å². The molecule has 0 bridgehead atoms. The summed E-state index contributed by atoms with van der Waals surface area (Å²) in [6.07, 6.45) is 3.88. The van der Waals surface area contributed by atoms with Gasteiger partial charge in [-0.2, -0.15) is 0 Å². The van der Waals surface area contributed by atoms with E-state index in [2.05, 4.69) is 20.7 Å². The van der Waals surface area contributed by atoms with Crippen molar-refractivity contribution in [2.75, 3.05) is 26.7 Å². The Balaban J connectivity index is 1.30. The first-order valence-electron chi connectivity index (χ1n) is 8.93. The van der Waals surface area contributed by atoms with E-state index in [1.807, 2.05) is 17.5 Å². The lowest BCUT2D eigenvalue weighted by molar-refractivity contribution is -0.130. The Morgan fingerprint density at radius 3 is 2.96 bits per heavy atom. The molecule has 0 spiro atoms. The van der Waals surface area contributed by atoms with Gasteiger partial charge in [-0.25, -0.2) is 0 Å². The number of likely N-dealkylation sites (N-methyl/N-ethyl adjacent to an activating group) is 1. The maximum absolute atomic E-state index is 12.1. The van der Waals surface area contributed by atoms with Gasteiger partial charge in [0.05, 0.1) is 10.9 Å². The third-order valence-electron chi connectivity index (χ3n) is 4.59. The molecule has 1 aliphatic heterocycles. The molecule has 7 nitrogen and oxygen atoms in total. The molecule has 3 heterocycles. The second-order valence-electron chi connectivity index (χ2n) is 6.32. The minimum absolute atomic E-state index is 0.0457. The molecule has 3 rings (SSSR count). The Bertz CT molecular complexity index is 729. The SMILES string of the molecule is CNC(=O)C1CCN1CCCCCNC(=O)c1cc(-c2cccs2)on1. The number of rotatable bonds is 9. The molecule has 2 amide bonds. The number of unbranched alkanes of at least 4 members (excludes halogenated alkanes) is 2. The highest BCUT2D eigenvalue weighted by Gasteiger charge is 2.32. The van der Waals surface area contributed by atoms with Gasteiger partial charge < -0.3 is 15.2 Å². The van der Waals surface area contributed by atoms with Crippen molar-refractivity contribution in [2.45, 2.75) is 31.7 Å². The van der Waals surface area contributed by atoms with Crippen LogP contribution in [-0.4, -0.2) is 54.6 Å². The van der Waals surface area contributed by atoms with Crippen LogP contribution in [0.15, 0.2) is 28.1 Å². The molecule has 0 aromatic carbocycles. The number of thiophene rings is 1. The largest absolute Gasteiger partial charge is 0.358 e. The summed E-state index contributed by atoms with van der Waals surface area (Å²) in [6, 6.07) is 5.58. The fourth-order valence-electron chi connectivity index (χ4n) is 3.00. The predicted molar refractivity (Wildman–Crippen MR) is 100 cm³/mol. The van der Waals surface area contributed by atoms with E-state index >= 15 is 0 Å². The summed E-state index contributed by atoms with van der Waals surface area (Å²) in [7, 11) is 1.68. The van der Waals surface area contributed by atoms with Gasteiger partial charge in [0.25, 0.3) is 5.91 Å². The van der Waals surface area contributed by atoms with Crippen molar-refractivity contribution in [3.05, 3.63) is 29.3 Å². The van der Waals surface area contributed by atoms with Crippen molar-refractivity contribution in [3.8, 4) is 10.6 Å². The van der Waals surface area contributed by atoms with E-state index in [9.17, 15) is 9.59 Å². The third kappa shape index (κ3) is 4.50.